The first kappa shape index (κ1) is 16.4. The second kappa shape index (κ2) is 6.33. The Bertz CT molecular complexity index is 942. The second-order valence-electron chi connectivity index (χ2n) is 6.16. The van der Waals surface area contributed by atoms with Crippen LogP contribution in [0.1, 0.15) is 17.4 Å². The lowest BCUT2D eigenvalue weighted by atomic mass is 10.1. The predicted octanol–water partition coefficient (Wildman–Crippen LogP) is 3.72. The zero-order valence-corrected chi connectivity index (χ0v) is 16.4. The summed E-state index contributed by atoms with van der Waals surface area (Å²) in [7, 11) is 2.17. The van der Waals surface area contributed by atoms with Crippen LogP contribution in [-0.4, -0.2) is 50.1 Å². The zero-order valence-electron chi connectivity index (χ0n) is 14.0. The number of thiophene rings is 1. The molecule has 3 aromatic heterocycles. The summed E-state index contributed by atoms with van der Waals surface area (Å²) < 4.78 is 2.12. The topological polar surface area (TPSA) is 46.3 Å². The number of hydrogen-bond acceptors (Lipinski definition) is 7. The predicted molar refractivity (Wildman–Crippen MR) is 104 cm³/mol. The lowest BCUT2D eigenvalue weighted by molar-refractivity contribution is 0.318. The van der Waals surface area contributed by atoms with E-state index in [2.05, 4.69) is 39.4 Å². The molecule has 0 saturated carbocycles. The number of fused-ring (bicyclic) bond motifs is 5. The molecular formula is C16H19N5S3. The summed E-state index contributed by atoms with van der Waals surface area (Å²) in [6.45, 7) is 8.10. The average Bonchev–Trinajstić information content (AvgIpc) is 3.11. The van der Waals surface area contributed by atoms with Gasteiger partial charge < -0.3 is 4.90 Å². The third kappa shape index (κ3) is 2.65. The van der Waals surface area contributed by atoms with E-state index in [0.717, 1.165) is 51.6 Å². The van der Waals surface area contributed by atoms with Crippen molar-refractivity contribution in [2.45, 2.75) is 30.2 Å². The van der Waals surface area contributed by atoms with Gasteiger partial charge in [-0.2, -0.15) is 0 Å². The molecule has 4 heterocycles. The minimum Gasteiger partial charge on any atom is -0.301 e. The lowest BCUT2D eigenvalue weighted by Gasteiger charge is -2.21. The summed E-state index contributed by atoms with van der Waals surface area (Å²) in [6, 6.07) is 0. The zero-order chi connectivity index (χ0) is 16.8. The van der Waals surface area contributed by atoms with Gasteiger partial charge in [0.1, 0.15) is 4.83 Å². The third-order valence-electron chi connectivity index (χ3n) is 4.10. The molecule has 4 rings (SSSR count). The molecule has 5 nitrogen and oxygen atoms in total. The number of hydrogen-bond donors (Lipinski definition) is 0. The van der Waals surface area contributed by atoms with Gasteiger partial charge in [-0.05, 0) is 32.2 Å². The van der Waals surface area contributed by atoms with E-state index < -0.39 is 0 Å². The maximum atomic E-state index is 4.92. The number of nitrogens with zero attached hydrogens (tertiary/aromatic N) is 5. The van der Waals surface area contributed by atoms with Crippen molar-refractivity contribution in [2.75, 3.05) is 25.6 Å². The van der Waals surface area contributed by atoms with Crippen molar-refractivity contribution in [3.8, 4) is 0 Å². The van der Waals surface area contributed by atoms with E-state index in [1.165, 1.54) is 15.8 Å². The van der Waals surface area contributed by atoms with E-state index >= 15 is 0 Å². The van der Waals surface area contributed by atoms with Crippen LogP contribution in [0.3, 0.4) is 0 Å². The van der Waals surface area contributed by atoms with E-state index in [-0.39, 0.29) is 0 Å². The largest absolute Gasteiger partial charge is 0.301 e. The molecule has 0 bridgehead atoms. The van der Waals surface area contributed by atoms with E-state index in [0.29, 0.717) is 0 Å². The lowest BCUT2D eigenvalue weighted by Crippen LogP contribution is -2.25. The van der Waals surface area contributed by atoms with Crippen molar-refractivity contribution >= 4 is 50.7 Å². The first-order chi connectivity index (χ1) is 11.6. The molecule has 24 heavy (non-hydrogen) atoms. The highest BCUT2D eigenvalue weighted by Gasteiger charge is 2.24. The minimum atomic E-state index is 0.846. The summed E-state index contributed by atoms with van der Waals surface area (Å²) in [5.74, 6) is 0.846. The van der Waals surface area contributed by atoms with Gasteiger partial charge in [0.2, 0.25) is 0 Å². The molecule has 0 spiro atoms. The maximum Gasteiger partial charge on any atom is 0.198 e. The van der Waals surface area contributed by atoms with E-state index in [9.17, 15) is 0 Å². The van der Waals surface area contributed by atoms with Crippen LogP contribution in [0.15, 0.2) is 22.5 Å². The van der Waals surface area contributed by atoms with Gasteiger partial charge in [-0.3, -0.25) is 0 Å². The Hall–Kier alpha value is -1.09. The molecule has 0 aliphatic carbocycles. The number of aromatic nitrogens is 4. The summed E-state index contributed by atoms with van der Waals surface area (Å²) in [5, 5.41) is 12.0. The molecule has 3 aromatic rings. The molecule has 0 radical (unpaired) electrons. The van der Waals surface area contributed by atoms with E-state index in [1.807, 2.05) is 18.3 Å². The Labute approximate surface area is 153 Å². The van der Waals surface area contributed by atoms with Crippen LogP contribution in [0.5, 0.6) is 0 Å². The highest BCUT2D eigenvalue weighted by molar-refractivity contribution is 7.99. The fourth-order valence-electron chi connectivity index (χ4n) is 2.99. The molecule has 126 valence electrons. The van der Waals surface area contributed by atoms with Gasteiger partial charge >= 0.3 is 0 Å². The summed E-state index contributed by atoms with van der Waals surface area (Å²) >= 11 is 5.13. The molecule has 0 atom stereocenters. The van der Waals surface area contributed by atoms with E-state index in [4.69, 9.17) is 4.98 Å². The molecule has 0 fully saturated rings. The summed E-state index contributed by atoms with van der Waals surface area (Å²) in [6.07, 6.45) is 3.12. The van der Waals surface area contributed by atoms with Crippen molar-refractivity contribution in [2.24, 2.45) is 0 Å². The van der Waals surface area contributed by atoms with Crippen molar-refractivity contribution < 1.29 is 0 Å². The van der Waals surface area contributed by atoms with Crippen molar-refractivity contribution in [1.29, 1.82) is 0 Å². The van der Waals surface area contributed by atoms with Crippen LogP contribution in [0.4, 0.5) is 0 Å². The van der Waals surface area contributed by atoms with Crippen LogP contribution in [-0.2, 0) is 13.0 Å². The number of likely N-dealkylation sites (N-methyl/N-ethyl adjacent to an activating group) is 1. The average molecular weight is 378 g/mol. The number of thioether (sulfide) groups is 2. The van der Waals surface area contributed by atoms with Gasteiger partial charge in [0.25, 0.3) is 0 Å². The van der Waals surface area contributed by atoms with Gasteiger partial charge in [-0.25, -0.2) is 9.38 Å². The Morgan fingerprint density at radius 3 is 2.92 bits per heavy atom. The molecule has 0 unspecified atom stereocenters. The fourth-order valence-corrected chi connectivity index (χ4v) is 5.71. The first-order valence-corrected chi connectivity index (χ1v) is 10.8. The summed E-state index contributed by atoms with van der Waals surface area (Å²) in [5.41, 5.74) is 3.50. The van der Waals surface area contributed by atoms with Gasteiger partial charge in [-0.15, -0.1) is 21.5 Å². The summed E-state index contributed by atoms with van der Waals surface area (Å²) in [4.78, 5) is 9.80. The smallest absolute Gasteiger partial charge is 0.198 e. The van der Waals surface area contributed by atoms with Crippen LogP contribution in [0.25, 0.3) is 15.9 Å². The Morgan fingerprint density at radius 2 is 2.17 bits per heavy atom. The van der Waals surface area contributed by atoms with Crippen LogP contribution >= 0.6 is 34.9 Å². The Morgan fingerprint density at radius 1 is 1.33 bits per heavy atom. The van der Waals surface area contributed by atoms with Gasteiger partial charge in [0, 0.05) is 23.7 Å². The second-order valence-corrected chi connectivity index (χ2v) is 8.96. The van der Waals surface area contributed by atoms with Crippen LogP contribution in [0.2, 0.25) is 0 Å². The molecular weight excluding hydrogens is 358 g/mol. The maximum absolute atomic E-state index is 4.92. The van der Waals surface area contributed by atoms with Gasteiger partial charge in [-0.1, -0.05) is 35.7 Å². The Balaban J connectivity index is 1.94. The first-order valence-electron chi connectivity index (χ1n) is 7.77. The standard InChI is InChI=1S/C16H19N5S3/c1-9(2)8-23-16-19-18-13-12-10-5-6-20(3)7-11(10)24-14(12)17-15(22-4)21(13)16/h1,5-8H2,2-4H3. The van der Waals surface area contributed by atoms with Crippen LogP contribution in [0, 0.1) is 0 Å². The quantitative estimate of drug-likeness (QED) is 0.392. The molecule has 0 N–H and O–H groups in total. The molecule has 0 aromatic carbocycles. The third-order valence-corrected chi connectivity index (χ3v) is 7.01. The van der Waals surface area contributed by atoms with Gasteiger partial charge in [0.05, 0.1) is 5.39 Å². The molecule has 0 saturated heterocycles. The minimum absolute atomic E-state index is 0.846. The molecule has 1 aliphatic heterocycles. The van der Waals surface area contributed by atoms with Gasteiger partial charge in [0.15, 0.2) is 16.0 Å². The normalized spacial score (nSPS) is 15.3. The van der Waals surface area contributed by atoms with Crippen LogP contribution < -0.4 is 0 Å². The SMILES string of the molecule is C=C(C)CSc1nnc2c3c4c(sc3nc(SC)n12)CN(C)CC4. The van der Waals surface area contributed by atoms with E-state index in [1.54, 1.807) is 23.5 Å². The molecule has 0 amide bonds. The molecule has 8 heteroatoms. The fraction of sp³-hybridized carbons (Fsp3) is 0.438. The highest BCUT2D eigenvalue weighted by atomic mass is 32.2. The number of rotatable bonds is 4. The Kier molecular flexibility index (Phi) is 4.32. The highest BCUT2D eigenvalue weighted by Crippen LogP contribution is 2.38. The van der Waals surface area contributed by atoms with Crippen molar-refractivity contribution in [1.82, 2.24) is 24.5 Å². The monoisotopic (exact) mass is 377 g/mol. The van der Waals surface area contributed by atoms with Crippen molar-refractivity contribution in [3.05, 3.63) is 22.6 Å². The van der Waals surface area contributed by atoms with Crippen molar-refractivity contribution in [3.63, 3.8) is 0 Å². The molecule has 1 aliphatic rings.